The molecule has 3 aromatic rings. The van der Waals surface area contributed by atoms with E-state index in [4.69, 9.17) is 0 Å². The smallest absolute Gasteiger partial charge is 0.324 e. The van der Waals surface area contributed by atoms with Crippen LogP contribution in [-0.2, 0) is 23.1 Å². The van der Waals surface area contributed by atoms with Crippen molar-refractivity contribution >= 4 is 32.4 Å². The molecule has 1 aliphatic heterocycles. The highest BCUT2D eigenvalue weighted by Gasteiger charge is 2.44. The standard InChI is InChI=1S/C19H15F6N5O2S/c1-4-33(31,32)12-5-9-8(2)15(19(23,24)25)29-16(9)28-14(12)17-27-10-6-13(18(20,21)22)26-7-11(10)30(17)3/h5-8H,4H2,1-3H3. The van der Waals surface area contributed by atoms with E-state index in [0.717, 1.165) is 12.3 Å². The van der Waals surface area contributed by atoms with Crippen molar-refractivity contribution in [3.8, 4) is 11.5 Å². The first kappa shape index (κ1) is 23.1. The quantitative estimate of drug-likeness (QED) is 0.500. The molecular formula is C19H15F6N5O2S. The van der Waals surface area contributed by atoms with Crippen LogP contribution in [0.4, 0.5) is 32.2 Å². The Labute approximate surface area is 183 Å². The van der Waals surface area contributed by atoms with Crippen LogP contribution in [0.2, 0.25) is 0 Å². The van der Waals surface area contributed by atoms with Crippen LogP contribution in [0.15, 0.2) is 28.2 Å². The van der Waals surface area contributed by atoms with E-state index in [0.29, 0.717) is 6.07 Å². The van der Waals surface area contributed by atoms with Gasteiger partial charge in [-0.2, -0.15) is 26.3 Å². The number of hydrogen-bond donors (Lipinski definition) is 0. The Hall–Kier alpha value is -3.03. The average Bonchev–Trinajstić information content (AvgIpc) is 3.23. The lowest BCUT2D eigenvalue weighted by Crippen LogP contribution is -2.25. The molecule has 1 unspecified atom stereocenters. The summed E-state index contributed by atoms with van der Waals surface area (Å²) in [5.74, 6) is -2.09. The molecule has 0 radical (unpaired) electrons. The average molecular weight is 491 g/mol. The van der Waals surface area contributed by atoms with Gasteiger partial charge in [-0.25, -0.2) is 28.4 Å². The monoisotopic (exact) mass is 491 g/mol. The lowest BCUT2D eigenvalue weighted by molar-refractivity contribution is -0.141. The molecule has 0 bridgehead atoms. The van der Waals surface area contributed by atoms with Crippen molar-refractivity contribution in [3.63, 3.8) is 0 Å². The molecule has 0 saturated heterocycles. The Morgan fingerprint density at radius 3 is 2.30 bits per heavy atom. The summed E-state index contributed by atoms with van der Waals surface area (Å²) in [7, 11) is -2.60. The molecule has 1 aliphatic rings. The molecule has 0 saturated carbocycles. The summed E-state index contributed by atoms with van der Waals surface area (Å²) in [6.45, 7) is 2.59. The number of sulfone groups is 1. The molecule has 0 aliphatic carbocycles. The second-order valence-electron chi connectivity index (χ2n) is 7.42. The van der Waals surface area contributed by atoms with Gasteiger partial charge in [0.05, 0.1) is 27.9 Å². The van der Waals surface area contributed by atoms with Gasteiger partial charge in [-0.15, -0.1) is 0 Å². The minimum absolute atomic E-state index is 0.0158. The van der Waals surface area contributed by atoms with E-state index < -0.39 is 39.5 Å². The highest BCUT2D eigenvalue weighted by molar-refractivity contribution is 7.91. The van der Waals surface area contributed by atoms with Gasteiger partial charge in [0.25, 0.3) is 0 Å². The van der Waals surface area contributed by atoms with Crippen LogP contribution < -0.4 is 0 Å². The third-order valence-corrected chi connectivity index (χ3v) is 7.12. The summed E-state index contributed by atoms with van der Waals surface area (Å²) < 4.78 is 106. The van der Waals surface area contributed by atoms with Gasteiger partial charge < -0.3 is 4.57 Å². The van der Waals surface area contributed by atoms with Gasteiger partial charge in [0.1, 0.15) is 17.1 Å². The number of aromatic nitrogens is 4. The predicted octanol–water partition coefficient (Wildman–Crippen LogP) is 4.59. The second-order valence-corrected chi connectivity index (χ2v) is 9.66. The molecule has 0 N–H and O–H groups in total. The zero-order valence-corrected chi connectivity index (χ0v) is 18.1. The zero-order valence-electron chi connectivity index (χ0n) is 17.2. The van der Waals surface area contributed by atoms with Crippen LogP contribution in [0, 0.1) is 0 Å². The molecule has 0 aromatic carbocycles. The molecule has 4 rings (SSSR count). The van der Waals surface area contributed by atoms with Crippen LogP contribution >= 0.6 is 0 Å². The van der Waals surface area contributed by atoms with Crippen LogP contribution in [0.5, 0.6) is 0 Å². The van der Waals surface area contributed by atoms with E-state index in [2.05, 4.69) is 19.9 Å². The van der Waals surface area contributed by atoms with E-state index in [9.17, 15) is 34.8 Å². The van der Waals surface area contributed by atoms with Gasteiger partial charge in [-0.05, 0) is 12.1 Å². The van der Waals surface area contributed by atoms with Crippen molar-refractivity contribution in [2.24, 2.45) is 12.0 Å². The summed E-state index contributed by atoms with van der Waals surface area (Å²) in [5, 5.41) is 0. The SMILES string of the molecule is CCS(=O)(=O)c1cc2c(nc1-c1nc3cc(C(F)(F)F)ncc3n1C)N=C(C(F)(F)F)C2C. The molecule has 176 valence electrons. The highest BCUT2D eigenvalue weighted by Crippen LogP contribution is 2.43. The number of imidazole rings is 1. The third-order valence-electron chi connectivity index (χ3n) is 5.37. The fourth-order valence-electron chi connectivity index (χ4n) is 3.58. The third kappa shape index (κ3) is 3.75. The van der Waals surface area contributed by atoms with Gasteiger partial charge in [0.15, 0.2) is 21.5 Å². The number of nitrogens with zero attached hydrogens (tertiary/aromatic N) is 5. The Balaban J connectivity index is 2.00. The van der Waals surface area contributed by atoms with Gasteiger partial charge in [-0.1, -0.05) is 13.8 Å². The van der Waals surface area contributed by atoms with Crippen LogP contribution in [-0.4, -0.2) is 45.6 Å². The number of alkyl halides is 6. The largest absolute Gasteiger partial charge is 0.433 e. The second kappa shape index (κ2) is 7.23. The molecule has 4 heterocycles. The van der Waals surface area contributed by atoms with E-state index >= 15 is 0 Å². The van der Waals surface area contributed by atoms with Crippen LogP contribution in [0.25, 0.3) is 22.6 Å². The van der Waals surface area contributed by atoms with Gasteiger partial charge in [0, 0.05) is 18.5 Å². The van der Waals surface area contributed by atoms with Crippen molar-refractivity contribution in [2.45, 2.75) is 37.0 Å². The minimum Gasteiger partial charge on any atom is -0.324 e. The van der Waals surface area contributed by atoms with Gasteiger partial charge >= 0.3 is 12.4 Å². The van der Waals surface area contributed by atoms with Crippen molar-refractivity contribution in [2.75, 3.05) is 5.75 Å². The first-order valence-corrected chi connectivity index (χ1v) is 11.1. The van der Waals surface area contributed by atoms with Crippen molar-refractivity contribution < 1.29 is 34.8 Å². The van der Waals surface area contributed by atoms with Crippen molar-refractivity contribution in [1.29, 1.82) is 0 Å². The summed E-state index contributed by atoms with van der Waals surface area (Å²) >= 11 is 0. The van der Waals surface area contributed by atoms with Crippen molar-refractivity contribution in [1.82, 2.24) is 19.5 Å². The van der Waals surface area contributed by atoms with Gasteiger partial charge in [0.2, 0.25) is 0 Å². The number of aliphatic imine (C=N–C) groups is 1. The summed E-state index contributed by atoms with van der Waals surface area (Å²) in [6, 6.07) is 1.78. The first-order chi connectivity index (χ1) is 15.1. The van der Waals surface area contributed by atoms with E-state index in [-0.39, 0.29) is 44.6 Å². The summed E-state index contributed by atoms with van der Waals surface area (Å²) in [4.78, 5) is 14.7. The fraction of sp³-hybridized carbons (Fsp3) is 0.368. The number of rotatable bonds is 3. The number of halogens is 6. The maximum atomic E-state index is 13.3. The molecule has 3 aromatic heterocycles. The Morgan fingerprint density at radius 1 is 1.06 bits per heavy atom. The Kier molecular flexibility index (Phi) is 5.07. The lowest BCUT2D eigenvalue weighted by Gasteiger charge is -2.14. The highest BCUT2D eigenvalue weighted by atomic mass is 32.2. The Bertz CT molecular complexity index is 1420. The summed E-state index contributed by atoms with van der Waals surface area (Å²) in [6.07, 6.45) is -8.55. The molecule has 7 nitrogen and oxygen atoms in total. The van der Waals surface area contributed by atoms with E-state index in [1.54, 1.807) is 0 Å². The fourth-order valence-corrected chi connectivity index (χ4v) is 4.63. The zero-order chi connectivity index (χ0) is 24.5. The minimum atomic E-state index is -4.75. The van der Waals surface area contributed by atoms with Gasteiger partial charge in [-0.3, -0.25) is 0 Å². The van der Waals surface area contributed by atoms with Crippen LogP contribution in [0.1, 0.15) is 31.0 Å². The number of pyridine rings is 2. The molecular weight excluding hydrogens is 476 g/mol. The van der Waals surface area contributed by atoms with E-state index in [1.807, 2.05) is 0 Å². The number of fused-ring (bicyclic) bond motifs is 2. The maximum absolute atomic E-state index is 13.3. The normalized spacial score (nSPS) is 16.9. The molecule has 0 spiro atoms. The number of aryl methyl sites for hydroxylation is 1. The molecule has 0 fully saturated rings. The van der Waals surface area contributed by atoms with E-state index in [1.165, 1.54) is 25.5 Å². The molecule has 14 heteroatoms. The molecule has 1 atom stereocenters. The maximum Gasteiger partial charge on any atom is 0.433 e. The predicted molar refractivity (Wildman–Crippen MR) is 106 cm³/mol. The molecule has 33 heavy (non-hydrogen) atoms. The summed E-state index contributed by atoms with van der Waals surface area (Å²) in [5.41, 5.74) is -2.62. The van der Waals surface area contributed by atoms with Crippen LogP contribution in [0.3, 0.4) is 0 Å². The first-order valence-electron chi connectivity index (χ1n) is 9.48. The number of hydrogen-bond acceptors (Lipinski definition) is 6. The lowest BCUT2D eigenvalue weighted by atomic mass is 9.99. The molecule has 0 amide bonds. The van der Waals surface area contributed by atoms with Crippen molar-refractivity contribution in [3.05, 3.63) is 29.6 Å². The Morgan fingerprint density at radius 2 is 1.73 bits per heavy atom. The topological polar surface area (TPSA) is 90.1 Å².